The van der Waals surface area contributed by atoms with Crippen molar-refractivity contribution in [3.63, 3.8) is 0 Å². The van der Waals surface area contributed by atoms with Gasteiger partial charge < -0.3 is 15.2 Å². The van der Waals surface area contributed by atoms with Gasteiger partial charge in [0, 0.05) is 27.8 Å². The number of benzene rings is 2. The van der Waals surface area contributed by atoms with E-state index in [4.69, 9.17) is 15.2 Å². The summed E-state index contributed by atoms with van der Waals surface area (Å²) in [7, 11) is 0. The second kappa shape index (κ2) is 12.3. The van der Waals surface area contributed by atoms with Crippen LogP contribution in [0, 0.1) is 11.7 Å². The average molecular weight is 629 g/mol. The van der Waals surface area contributed by atoms with Crippen LogP contribution in [0.3, 0.4) is 0 Å². The normalized spacial score (nSPS) is 20.5. The number of thiophene rings is 1. The summed E-state index contributed by atoms with van der Waals surface area (Å²) in [5.41, 5.74) is 5.66. The first-order chi connectivity index (χ1) is 21.0. The highest BCUT2D eigenvalue weighted by molar-refractivity contribution is 7.10. The minimum Gasteiger partial charge on any atom is -0.465 e. The Kier molecular flexibility index (Phi) is 8.64. The molecule has 44 heavy (non-hydrogen) atoms. The van der Waals surface area contributed by atoms with E-state index in [1.165, 1.54) is 46.6 Å². The zero-order chi connectivity index (χ0) is 31.8. The molecule has 3 aromatic rings. The number of anilines is 1. The fraction of sp³-hybridized carbons (Fsp3) is 0.281. The number of nitrogens with zero attached hydrogens (tertiary/aromatic N) is 1. The van der Waals surface area contributed by atoms with Crippen LogP contribution >= 0.6 is 11.3 Å². The van der Waals surface area contributed by atoms with Crippen molar-refractivity contribution in [1.82, 2.24) is 0 Å². The van der Waals surface area contributed by atoms with Gasteiger partial charge in [0.1, 0.15) is 17.6 Å². The number of hydrogen-bond donors (Lipinski definition) is 1. The number of nitrogens with two attached hydrogens (primary N) is 1. The molecule has 5 rings (SSSR count). The third kappa shape index (κ3) is 5.61. The molecule has 2 N–H and O–H groups in total. The maximum Gasteiger partial charge on any atom is 0.416 e. The predicted octanol–water partition coefficient (Wildman–Crippen LogP) is 6.43. The second-order valence-corrected chi connectivity index (χ2v) is 11.2. The summed E-state index contributed by atoms with van der Waals surface area (Å²) in [5.74, 6) is -6.74. The van der Waals surface area contributed by atoms with Gasteiger partial charge in [0.25, 0.3) is 0 Å². The van der Waals surface area contributed by atoms with E-state index in [1.807, 2.05) is 0 Å². The van der Waals surface area contributed by atoms with E-state index in [0.29, 0.717) is 4.88 Å². The molecule has 230 valence electrons. The number of ether oxygens (including phenoxy) is 2. The lowest BCUT2D eigenvalue weighted by Crippen LogP contribution is -2.46. The fourth-order valence-corrected chi connectivity index (χ4v) is 6.71. The van der Waals surface area contributed by atoms with E-state index in [9.17, 15) is 31.9 Å². The molecular weight excluding hydrogens is 600 g/mol. The Morgan fingerprint density at radius 2 is 1.75 bits per heavy atom. The van der Waals surface area contributed by atoms with Crippen molar-refractivity contribution in [2.75, 3.05) is 18.1 Å². The Labute approximate surface area is 254 Å². The third-order valence-corrected chi connectivity index (χ3v) is 8.60. The number of rotatable bonds is 7. The van der Waals surface area contributed by atoms with Crippen LogP contribution in [0.1, 0.15) is 48.1 Å². The number of hydrogen-bond acceptors (Lipinski definition) is 8. The maximum atomic E-state index is 14.6. The van der Waals surface area contributed by atoms with Crippen LogP contribution in [0.2, 0.25) is 0 Å². The summed E-state index contributed by atoms with van der Waals surface area (Å²) in [4.78, 5) is 43.5. The molecule has 0 unspecified atom stereocenters. The van der Waals surface area contributed by atoms with Gasteiger partial charge in [-0.05, 0) is 67.6 Å². The Hall–Kier alpha value is -4.45. The van der Waals surface area contributed by atoms with Crippen LogP contribution in [0.4, 0.5) is 23.2 Å². The molecule has 0 fully saturated rings. The number of halogens is 4. The van der Waals surface area contributed by atoms with Crippen molar-refractivity contribution in [1.29, 1.82) is 0 Å². The van der Waals surface area contributed by atoms with Crippen molar-refractivity contribution >= 4 is 34.7 Å². The molecule has 0 saturated heterocycles. The topological polar surface area (TPSA) is 98.9 Å². The summed E-state index contributed by atoms with van der Waals surface area (Å²) >= 11 is 1.31. The molecule has 1 aliphatic heterocycles. The number of Topliss-reactive ketones (excluding diaryl/α,β-unsaturated/α-hetero) is 1. The summed E-state index contributed by atoms with van der Waals surface area (Å²) < 4.78 is 66.7. The van der Waals surface area contributed by atoms with Crippen LogP contribution in [0.5, 0.6) is 0 Å². The first-order valence-electron chi connectivity index (χ1n) is 13.8. The van der Waals surface area contributed by atoms with Crippen molar-refractivity contribution in [3.8, 4) is 0 Å². The van der Waals surface area contributed by atoms with Gasteiger partial charge in [0.2, 0.25) is 0 Å². The zero-order valence-electron chi connectivity index (χ0n) is 23.7. The first-order valence-corrected chi connectivity index (χ1v) is 14.7. The molecular formula is C32H28F4N2O5S. The van der Waals surface area contributed by atoms with Gasteiger partial charge in [-0.25, -0.2) is 9.18 Å². The number of alkyl halides is 3. The van der Waals surface area contributed by atoms with Crippen LogP contribution in [-0.2, 0) is 30.0 Å². The van der Waals surface area contributed by atoms with E-state index in [-0.39, 0.29) is 53.5 Å². The number of ketones is 1. The monoisotopic (exact) mass is 628 g/mol. The molecule has 3 atom stereocenters. The highest BCUT2D eigenvalue weighted by Crippen LogP contribution is 2.52. The summed E-state index contributed by atoms with van der Waals surface area (Å²) in [6, 6.07) is 13.1. The molecule has 2 aliphatic rings. The predicted molar refractivity (Wildman–Crippen MR) is 155 cm³/mol. The van der Waals surface area contributed by atoms with Crippen molar-refractivity contribution in [2.45, 2.75) is 38.3 Å². The lowest BCUT2D eigenvalue weighted by atomic mass is 9.68. The van der Waals surface area contributed by atoms with E-state index in [2.05, 4.69) is 0 Å². The van der Waals surface area contributed by atoms with Gasteiger partial charge in [-0.15, -0.1) is 11.3 Å². The molecule has 0 radical (unpaired) electrons. The van der Waals surface area contributed by atoms with Gasteiger partial charge in [-0.3, -0.25) is 14.5 Å². The largest absolute Gasteiger partial charge is 0.465 e. The average Bonchev–Trinajstić information content (AvgIpc) is 3.51. The van der Waals surface area contributed by atoms with Gasteiger partial charge in [0.05, 0.1) is 30.3 Å². The standard InChI is InChI=1S/C32H28F4N2O5S/c1-3-42-30(40)25-21(23-12-7-13-44-23)16-22-26(28(25)39)24(17-8-5-10-19(33)14-17)27(31(41)43-4-2)29(37)38(22)20-11-6-9-18(15-20)32(34,35)36/h5-15,21,24-25H,3-4,16,37H2,1-2H3/t21-,24-,25+/m0/s1. The van der Waals surface area contributed by atoms with Crippen LogP contribution in [-0.4, -0.2) is 30.9 Å². The van der Waals surface area contributed by atoms with Crippen LogP contribution in [0.15, 0.2) is 88.7 Å². The molecule has 0 spiro atoms. The maximum absolute atomic E-state index is 14.6. The van der Waals surface area contributed by atoms with Crippen LogP contribution in [0.25, 0.3) is 0 Å². The molecule has 1 aromatic heterocycles. The Bertz CT molecular complexity index is 1660. The Morgan fingerprint density at radius 3 is 2.39 bits per heavy atom. The minimum atomic E-state index is -4.70. The molecule has 2 heterocycles. The third-order valence-electron chi connectivity index (χ3n) is 7.60. The molecule has 0 bridgehead atoms. The van der Waals surface area contributed by atoms with Crippen molar-refractivity contribution < 1.29 is 41.4 Å². The number of carbonyl (C=O) groups is 3. The van der Waals surface area contributed by atoms with E-state index < -0.39 is 53.0 Å². The summed E-state index contributed by atoms with van der Waals surface area (Å²) in [6.07, 6.45) is -4.73. The van der Waals surface area contributed by atoms with Gasteiger partial charge in [-0.1, -0.05) is 24.3 Å². The molecule has 12 heteroatoms. The van der Waals surface area contributed by atoms with Gasteiger partial charge in [-0.2, -0.15) is 13.2 Å². The lowest BCUT2D eigenvalue weighted by Gasteiger charge is -2.44. The first kappa shape index (κ1) is 31.0. The number of carbonyl (C=O) groups excluding carboxylic acids is 3. The molecule has 0 amide bonds. The quantitative estimate of drug-likeness (QED) is 0.183. The van der Waals surface area contributed by atoms with Gasteiger partial charge >= 0.3 is 18.1 Å². The van der Waals surface area contributed by atoms with E-state index in [1.54, 1.807) is 31.4 Å². The van der Waals surface area contributed by atoms with Crippen molar-refractivity contribution in [2.24, 2.45) is 11.7 Å². The summed E-state index contributed by atoms with van der Waals surface area (Å²) in [6.45, 7) is 3.07. The highest BCUT2D eigenvalue weighted by Gasteiger charge is 2.51. The smallest absolute Gasteiger partial charge is 0.416 e. The molecule has 2 aromatic carbocycles. The SMILES string of the molecule is CCOC(=O)C1=C(N)N(c2cccc(C(F)(F)F)c2)C2=C(C(=O)[C@H](C(=O)OCC)[C@H](c3cccs3)C2)[C@@H]1c1cccc(F)c1. The fourth-order valence-electron chi connectivity index (χ4n) is 5.84. The zero-order valence-corrected chi connectivity index (χ0v) is 24.5. The number of esters is 2. The van der Waals surface area contributed by atoms with Gasteiger partial charge in [0.15, 0.2) is 5.78 Å². The number of allylic oxidation sites excluding steroid dienone is 2. The second-order valence-electron chi connectivity index (χ2n) is 10.2. The van der Waals surface area contributed by atoms with Crippen LogP contribution < -0.4 is 10.6 Å². The van der Waals surface area contributed by atoms with Crippen molar-refractivity contribution in [3.05, 3.63) is 111 Å². The summed E-state index contributed by atoms with van der Waals surface area (Å²) in [5, 5.41) is 1.78. The molecule has 1 aliphatic carbocycles. The van der Waals surface area contributed by atoms with E-state index in [0.717, 1.165) is 18.2 Å². The molecule has 0 saturated carbocycles. The highest BCUT2D eigenvalue weighted by atomic mass is 32.1. The Balaban J connectivity index is 1.84. The molecule has 7 nitrogen and oxygen atoms in total. The minimum absolute atomic E-state index is 0.00368. The van der Waals surface area contributed by atoms with E-state index >= 15 is 0 Å². The lowest BCUT2D eigenvalue weighted by molar-refractivity contribution is -0.152. The Morgan fingerprint density at radius 1 is 1.02 bits per heavy atom.